The molecule has 0 aliphatic heterocycles. The molecule has 1 N–H and O–H groups in total. The minimum absolute atomic E-state index is 0.0130. The summed E-state index contributed by atoms with van der Waals surface area (Å²) in [5, 5.41) is 6.95. The van der Waals surface area contributed by atoms with Gasteiger partial charge in [0, 0.05) is 12.7 Å². The highest BCUT2D eigenvalue weighted by molar-refractivity contribution is 9.10. The van der Waals surface area contributed by atoms with Gasteiger partial charge in [0.25, 0.3) is 0 Å². The Balaban J connectivity index is 2.46. The molecule has 0 fully saturated rings. The van der Waals surface area contributed by atoms with Gasteiger partial charge in [-0.05, 0) is 29.3 Å². The third-order valence-electron chi connectivity index (χ3n) is 2.18. The van der Waals surface area contributed by atoms with Crippen molar-refractivity contribution >= 4 is 21.8 Å². The Morgan fingerprint density at radius 1 is 1.73 bits per heavy atom. The van der Waals surface area contributed by atoms with Gasteiger partial charge in [0.2, 0.25) is 5.91 Å². The summed E-state index contributed by atoms with van der Waals surface area (Å²) >= 11 is 3.30. The Hall–Kier alpha value is -0.840. The van der Waals surface area contributed by atoms with E-state index in [0.29, 0.717) is 0 Å². The van der Waals surface area contributed by atoms with Gasteiger partial charge >= 0.3 is 0 Å². The van der Waals surface area contributed by atoms with Crippen LogP contribution in [0.25, 0.3) is 0 Å². The van der Waals surface area contributed by atoms with E-state index in [4.69, 9.17) is 0 Å². The Morgan fingerprint density at radius 3 is 3.00 bits per heavy atom. The number of aromatic nitrogens is 2. The van der Waals surface area contributed by atoms with Crippen molar-refractivity contribution in [2.24, 2.45) is 0 Å². The number of hydrogen-bond donors (Lipinski definition) is 1. The third-order valence-corrected chi connectivity index (χ3v) is 2.59. The molecular weight excluding hydrogens is 258 g/mol. The second kappa shape index (κ2) is 5.90. The molecule has 0 radical (unpaired) electrons. The van der Waals surface area contributed by atoms with E-state index in [9.17, 15) is 4.79 Å². The summed E-state index contributed by atoms with van der Waals surface area (Å²) in [5.41, 5.74) is 0. The Kier molecular flexibility index (Phi) is 4.81. The van der Waals surface area contributed by atoms with Crippen molar-refractivity contribution in [3.63, 3.8) is 0 Å². The Morgan fingerprint density at radius 2 is 2.47 bits per heavy atom. The van der Waals surface area contributed by atoms with Crippen LogP contribution in [0.4, 0.5) is 0 Å². The van der Waals surface area contributed by atoms with Crippen LogP contribution in [0.2, 0.25) is 0 Å². The fraction of sp³-hybridized carbons (Fsp3) is 0.600. The second-order valence-electron chi connectivity index (χ2n) is 3.46. The van der Waals surface area contributed by atoms with Gasteiger partial charge in [-0.25, -0.2) is 0 Å². The van der Waals surface area contributed by atoms with Crippen molar-refractivity contribution in [3.05, 3.63) is 16.9 Å². The Labute approximate surface area is 98.2 Å². The largest absolute Gasteiger partial charge is 0.354 e. The van der Waals surface area contributed by atoms with E-state index in [0.717, 1.165) is 23.9 Å². The van der Waals surface area contributed by atoms with E-state index in [2.05, 4.69) is 33.3 Å². The van der Waals surface area contributed by atoms with Crippen LogP contribution in [-0.4, -0.2) is 22.2 Å². The molecule has 0 aromatic carbocycles. The molecule has 0 bridgehead atoms. The summed E-state index contributed by atoms with van der Waals surface area (Å²) in [6.45, 7) is 4.67. The minimum atomic E-state index is -0.256. The third kappa shape index (κ3) is 3.66. The number of halogens is 1. The molecule has 0 aliphatic carbocycles. The average Bonchev–Trinajstić information content (AvgIpc) is 2.64. The lowest BCUT2D eigenvalue weighted by molar-refractivity contribution is -0.124. The van der Waals surface area contributed by atoms with Crippen LogP contribution in [0.3, 0.4) is 0 Å². The molecule has 1 amide bonds. The van der Waals surface area contributed by atoms with Crippen molar-refractivity contribution < 1.29 is 4.79 Å². The number of nitrogens with zero attached hydrogens (tertiary/aromatic N) is 2. The highest BCUT2D eigenvalue weighted by Crippen LogP contribution is 2.11. The van der Waals surface area contributed by atoms with Crippen LogP contribution in [0.5, 0.6) is 0 Å². The number of hydrogen-bond acceptors (Lipinski definition) is 2. The zero-order chi connectivity index (χ0) is 11.3. The molecule has 0 saturated heterocycles. The van der Waals surface area contributed by atoms with Gasteiger partial charge < -0.3 is 5.32 Å². The SMILES string of the molecule is CCCCNC(=O)[C@@H](C)n1cc(Br)cn1. The Bertz CT molecular complexity index is 324. The molecule has 1 atom stereocenters. The van der Waals surface area contributed by atoms with Gasteiger partial charge in [-0.3, -0.25) is 9.48 Å². The van der Waals surface area contributed by atoms with Crippen molar-refractivity contribution in [1.29, 1.82) is 0 Å². The van der Waals surface area contributed by atoms with Crippen LogP contribution in [0, 0.1) is 0 Å². The van der Waals surface area contributed by atoms with Crippen molar-refractivity contribution in [3.8, 4) is 0 Å². The lowest BCUT2D eigenvalue weighted by Crippen LogP contribution is -2.31. The predicted molar refractivity (Wildman–Crippen MR) is 62.6 cm³/mol. The molecule has 1 rings (SSSR count). The number of carbonyl (C=O) groups excluding carboxylic acids is 1. The first-order valence-corrected chi connectivity index (χ1v) is 5.91. The summed E-state index contributed by atoms with van der Waals surface area (Å²) in [5.74, 6) is 0.0130. The summed E-state index contributed by atoms with van der Waals surface area (Å²) in [6, 6.07) is -0.256. The number of unbranched alkanes of at least 4 members (excludes halogenated alkanes) is 1. The number of carbonyl (C=O) groups is 1. The maximum absolute atomic E-state index is 11.6. The zero-order valence-corrected chi connectivity index (χ0v) is 10.6. The lowest BCUT2D eigenvalue weighted by Gasteiger charge is -2.12. The number of nitrogens with one attached hydrogen (secondary N) is 1. The van der Waals surface area contributed by atoms with Gasteiger partial charge in [-0.2, -0.15) is 5.10 Å². The van der Waals surface area contributed by atoms with E-state index in [1.54, 1.807) is 17.1 Å². The van der Waals surface area contributed by atoms with E-state index in [-0.39, 0.29) is 11.9 Å². The first-order chi connectivity index (χ1) is 7.15. The van der Waals surface area contributed by atoms with Crippen molar-refractivity contribution in [2.75, 3.05) is 6.54 Å². The molecule has 1 aromatic rings. The molecule has 0 unspecified atom stereocenters. The van der Waals surface area contributed by atoms with Crippen molar-refractivity contribution in [1.82, 2.24) is 15.1 Å². The van der Waals surface area contributed by atoms with Gasteiger partial charge in [0.05, 0.1) is 10.7 Å². The normalized spacial score (nSPS) is 12.5. The standard InChI is InChI=1S/C10H16BrN3O/c1-3-4-5-12-10(15)8(2)14-7-9(11)6-13-14/h6-8H,3-5H2,1-2H3,(H,12,15)/t8-/m1/s1. The fourth-order valence-electron chi connectivity index (χ4n) is 1.18. The number of rotatable bonds is 5. The molecule has 0 saturated carbocycles. The van der Waals surface area contributed by atoms with Crippen molar-refractivity contribution in [2.45, 2.75) is 32.7 Å². The van der Waals surface area contributed by atoms with Crippen LogP contribution in [0.15, 0.2) is 16.9 Å². The van der Waals surface area contributed by atoms with Crippen LogP contribution < -0.4 is 5.32 Å². The van der Waals surface area contributed by atoms with E-state index in [1.807, 2.05) is 6.92 Å². The molecule has 5 heteroatoms. The van der Waals surface area contributed by atoms with Gasteiger partial charge in [0.1, 0.15) is 6.04 Å². The molecule has 84 valence electrons. The molecule has 4 nitrogen and oxygen atoms in total. The molecule has 0 aliphatic rings. The van der Waals surface area contributed by atoms with Crippen LogP contribution >= 0.6 is 15.9 Å². The molecule has 1 heterocycles. The highest BCUT2D eigenvalue weighted by Gasteiger charge is 2.14. The van der Waals surface area contributed by atoms with E-state index < -0.39 is 0 Å². The average molecular weight is 274 g/mol. The highest BCUT2D eigenvalue weighted by atomic mass is 79.9. The number of amides is 1. The van der Waals surface area contributed by atoms with E-state index >= 15 is 0 Å². The van der Waals surface area contributed by atoms with Gasteiger partial charge in [0.15, 0.2) is 0 Å². The quantitative estimate of drug-likeness (QED) is 0.836. The summed E-state index contributed by atoms with van der Waals surface area (Å²) in [7, 11) is 0. The second-order valence-corrected chi connectivity index (χ2v) is 4.37. The first kappa shape index (κ1) is 12.2. The molecular formula is C10H16BrN3O. The smallest absolute Gasteiger partial charge is 0.244 e. The maximum Gasteiger partial charge on any atom is 0.244 e. The topological polar surface area (TPSA) is 46.9 Å². The van der Waals surface area contributed by atoms with Gasteiger partial charge in [-0.15, -0.1) is 0 Å². The predicted octanol–water partition coefficient (Wildman–Crippen LogP) is 2.12. The summed E-state index contributed by atoms with van der Waals surface area (Å²) in [4.78, 5) is 11.6. The molecule has 0 spiro atoms. The van der Waals surface area contributed by atoms with Gasteiger partial charge in [-0.1, -0.05) is 13.3 Å². The van der Waals surface area contributed by atoms with E-state index in [1.165, 1.54) is 0 Å². The molecule has 1 aromatic heterocycles. The summed E-state index contributed by atoms with van der Waals surface area (Å²) < 4.78 is 2.53. The monoisotopic (exact) mass is 273 g/mol. The fourth-order valence-corrected chi connectivity index (χ4v) is 1.48. The zero-order valence-electron chi connectivity index (χ0n) is 9.03. The van der Waals surface area contributed by atoms with Crippen LogP contribution in [-0.2, 0) is 4.79 Å². The van der Waals surface area contributed by atoms with Crippen LogP contribution in [0.1, 0.15) is 32.7 Å². The first-order valence-electron chi connectivity index (χ1n) is 5.12. The maximum atomic E-state index is 11.6. The minimum Gasteiger partial charge on any atom is -0.354 e. The lowest BCUT2D eigenvalue weighted by atomic mass is 10.3. The molecule has 15 heavy (non-hydrogen) atoms. The summed E-state index contributed by atoms with van der Waals surface area (Å²) in [6.07, 6.45) is 5.57.